The van der Waals surface area contributed by atoms with Gasteiger partial charge in [0.25, 0.3) is 0 Å². The maximum absolute atomic E-state index is 10.5. The van der Waals surface area contributed by atoms with E-state index in [0.29, 0.717) is 13.2 Å². The first kappa shape index (κ1) is 14.7. The van der Waals surface area contributed by atoms with E-state index in [2.05, 4.69) is 5.32 Å². The molecule has 0 bridgehead atoms. The van der Waals surface area contributed by atoms with E-state index >= 15 is 0 Å². The van der Waals surface area contributed by atoms with Crippen LogP contribution >= 0.6 is 12.4 Å². The number of aliphatic carboxylic acids is 1. The lowest BCUT2D eigenvalue weighted by molar-refractivity contribution is -0.139. The van der Waals surface area contributed by atoms with E-state index in [1.165, 1.54) is 0 Å². The van der Waals surface area contributed by atoms with Gasteiger partial charge in [-0.3, -0.25) is 4.79 Å². The van der Waals surface area contributed by atoms with Crippen LogP contribution in [0.4, 0.5) is 0 Å². The number of para-hydroxylation sites is 1. The molecule has 0 radical (unpaired) electrons. The molecular formula is C11H16ClNO3. The summed E-state index contributed by atoms with van der Waals surface area (Å²) in [4.78, 5) is 10.5. The van der Waals surface area contributed by atoms with Gasteiger partial charge in [0.15, 0.2) is 0 Å². The van der Waals surface area contributed by atoms with Gasteiger partial charge >= 0.3 is 5.97 Å². The number of rotatable bonds is 6. The SMILES string of the molecule is CC(NCCOc1ccccc1)C(=O)O.Cl. The summed E-state index contributed by atoms with van der Waals surface area (Å²) < 4.78 is 5.38. The van der Waals surface area contributed by atoms with E-state index in [4.69, 9.17) is 9.84 Å². The second-order valence-electron chi connectivity index (χ2n) is 3.18. The first-order valence-corrected chi connectivity index (χ1v) is 4.84. The number of carboxylic acids is 1. The molecule has 1 rings (SSSR count). The van der Waals surface area contributed by atoms with Gasteiger partial charge in [-0.1, -0.05) is 18.2 Å². The standard InChI is InChI=1S/C11H15NO3.ClH/c1-9(11(13)14)12-7-8-15-10-5-3-2-4-6-10;/h2-6,9,12H,7-8H2,1H3,(H,13,14);1H. The third-order valence-corrected chi connectivity index (χ3v) is 1.93. The third kappa shape index (κ3) is 5.58. The van der Waals surface area contributed by atoms with Crippen molar-refractivity contribution in [1.82, 2.24) is 5.32 Å². The first-order valence-electron chi connectivity index (χ1n) is 4.84. The second kappa shape index (κ2) is 7.96. The summed E-state index contributed by atoms with van der Waals surface area (Å²) in [6.07, 6.45) is 0. The topological polar surface area (TPSA) is 58.6 Å². The van der Waals surface area contributed by atoms with Gasteiger partial charge in [-0.05, 0) is 19.1 Å². The fourth-order valence-electron chi connectivity index (χ4n) is 1.05. The van der Waals surface area contributed by atoms with Gasteiger partial charge in [-0.15, -0.1) is 12.4 Å². The average Bonchev–Trinajstić information content (AvgIpc) is 2.25. The summed E-state index contributed by atoms with van der Waals surface area (Å²) >= 11 is 0. The zero-order valence-corrected chi connectivity index (χ0v) is 9.87. The smallest absolute Gasteiger partial charge is 0.320 e. The largest absolute Gasteiger partial charge is 0.492 e. The Bertz CT molecular complexity index is 305. The predicted octanol–water partition coefficient (Wildman–Crippen LogP) is 1.55. The van der Waals surface area contributed by atoms with Crippen molar-refractivity contribution < 1.29 is 14.6 Å². The summed E-state index contributed by atoms with van der Waals surface area (Å²) in [5.74, 6) is -0.0583. The maximum atomic E-state index is 10.5. The van der Waals surface area contributed by atoms with E-state index in [-0.39, 0.29) is 12.4 Å². The molecule has 0 aromatic heterocycles. The van der Waals surface area contributed by atoms with Crippen LogP contribution < -0.4 is 10.1 Å². The minimum atomic E-state index is -0.852. The molecule has 2 N–H and O–H groups in total. The van der Waals surface area contributed by atoms with Crippen LogP contribution in [0, 0.1) is 0 Å². The molecule has 0 heterocycles. The quantitative estimate of drug-likeness (QED) is 0.747. The van der Waals surface area contributed by atoms with Crippen LogP contribution in [0.5, 0.6) is 5.75 Å². The number of hydrogen-bond acceptors (Lipinski definition) is 3. The Morgan fingerprint density at radius 3 is 2.62 bits per heavy atom. The Hall–Kier alpha value is -1.26. The predicted molar refractivity (Wildman–Crippen MR) is 64.3 cm³/mol. The molecule has 1 aromatic carbocycles. The number of nitrogens with one attached hydrogen (secondary N) is 1. The van der Waals surface area contributed by atoms with Crippen LogP contribution in [0.25, 0.3) is 0 Å². The summed E-state index contributed by atoms with van der Waals surface area (Å²) in [6.45, 7) is 2.58. The van der Waals surface area contributed by atoms with E-state index in [1.54, 1.807) is 6.92 Å². The van der Waals surface area contributed by atoms with Crippen molar-refractivity contribution in [2.45, 2.75) is 13.0 Å². The van der Waals surface area contributed by atoms with Gasteiger partial charge in [-0.25, -0.2) is 0 Å². The number of halogens is 1. The first-order chi connectivity index (χ1) is 7.20. The molecular weight excluding hydrogens is 230 g/mol. The van der Waals surface area contributed by atoms with E-state index in [0.717, 1.165) is 5.75 Å². The van der Waals surface area contributed by atoms with Gasteiger partial charge < -0.3 is 15.2 Å². The molecule has 4 nitrogen and oxygen atoms in total. The van der Waals surface area contributed by atoms with E-state index in [9.17, 15) is 4.79 Å². The van der Waals surface area contributed by atoms with Gasteiger partial charge in [0.2, 0.25) is 0 Å². The fraction of sp³-hybridized carbons (Fsp3) is 0.364. The summed E-state index contributed by atoms with van der Waals surface area (Å²) in [6, 6.07) is 8.88. The molecule has 0 saturated heterocycles. The van der Waals surface area contributed by atoms with Crippen molar-refractivity contribution in [3.05, 3.63) is 30.3 Å². The minimum Gasteiger partial charge on any atom is -0.492 e. The molecule has 16 heavy (non-hydrogen) atoms. The van der Waals surface area contributed by atoms with Crippen LogP contribution in [0.15, 0.2) is 30.3 Å². The molecule has 1 atom stereocenters. The van der Waals surface area contributed by atoms with Gasteiger partial charge in [0.05, 0.1) is 0 Å². The Morgan fingerprint density at radius 2 is 2.06 bits per heavy atom. The lowest BCUT2D eigenvalue weighted by Gasteiger charge is -2.09. The molecule has 0 aliphatic carbocycles. The van der Waals surface area contributed by atoms with Crippen LogP contribution in [-0.4, -0.2) is 30.3 Å². The number of hydrogen-bond donors (Lipinski definition) is 2. The second-order valence-corrected chi connectivity index (χ2v) is 3.18. The Balaban J connectivity index is 0.00000225. The maximum Gasteiger partial charge on any atom is 0.320 e. The normalized spacial score (nSPS) is 11.3. The molecule has 5 heteroatoms. The number of benzene rings is 1. The van der Waals surface area contributed by atoms with Crippen molar-refractivity contribution in [3.63, 3.8) is 0 Å². The van der Waals surface area contributed by atoms with Crippen molar-refractivity contribution in [3.8, 4) is 5.75 Å². The van der Waals surface area contributed by atoms with Crippen LogP contribution in [-0.2, 0) is 4.79 Å². The number of carbonyl (C=O) groups is 1. The zero-order valence-electron chi connectivity index (χ0n) is 9.05. The van der Waals surface area contributed by atoms with Crippen molar-refractivity contribution >= 4 is 18.4 Å². The molecule has 0 saturated carbocycles. The molecule has 0 amide bonds. The van der Waals surface area contributed by atoms with Gasteiger partial charge in [0.1, 0.15) is 18.4 Å². The van der Waals surface area contributed by atoms with Gasteiger partial charge in [-0.2, -0.15) is 0 Å². The van der Waals surface area contributed by atoms with Crippen molar-refractivity contribution in [1.29, 1.82) is 0 Å². The number of carboxylic acid groups (broad SMARTS) is 1. The molecule has 0 aliphatic rings. The van der Waals surface area contributed by atoms with Crippen molar-refractivity contribution in [2.75, 3.05) is 13.2 Å². The third-order valence-electron chi connectivity index (χ3n) is 1.93. The highest BCUT2D eigenvalue weighted by atomic mass is 35.5. The monoisotopic (exact) mass is 245 g/mol. The summed E-state index contributed by atoms with van der Waals surface area (Å²) in [5, 5.41) is 11.4. The summed E-state index contributed by atoms with van der Waals surface area (Å²) in [7, 11) is 0. The fourth-order valence-corrected chi connectivity index (χ4v) is 1.05. The highest BCUT2D eigenvalue weighted by Gasteiger charge is 2.08. The molecule has 90 valence electrons. The molecule has 0 aliphatic heterocycles. The Kier molecular flexibility index (Phi) is 7.33. The molecule has 0 fully saturated rings. The average molecular weight is 246 g/mol. The number of ether oxygens (including phenoxy) is 1. The lowest BCUT2D eigenvalue weighted by Crippen LogP contribution is -2.36. The van der Waals surface area contributed by atoms with Gasteiger partial charge in [0, 0.05) is 6.54 Å². The van der Waals surface area contributed by atoms with Crippen molar-refractivity contribution in [2.24, 2.45) is 0 Å². The van der Waals surface area contributed by atoms with E-state index in [1.807, 2.05) is 30.3 Å². The van der Waals surface area contributed by atoms with E-state index < -0.39 is 12.0 Å². The lowest BCUT2D eigenvalue weighted by atomic mass is 10.3. The van der Waals surface area contributed by atoms with Crippen LogP contribution in [0.1, 0.15) is 6.92 Å². The molecule has 1 aromatic rings. The zero-order chi connectivity index (χ0) is 11.1. The Labute approximate surface area is 101 Å². The summed E-state index contributed by atoms with van der Waals surface area (Å²) in [5.41, 5.74) is 0. The molecule has 1 unspecified atom stereocenters. The Morgan fingerprint density at radius 1 is 1.44 bits per heavy atom. The van der Waals surface area contributed by atoms with Crippen LogP contribution in [0.3, 0.4) is 0 Å². The minimum absolute atomic E-state index is 0. The molecule has 0 spiro atoms. The van der Waals surface area contributed by atoms with Crippen LogP contribution in [0.2, 0.25) is 0 Å². The highest BCUT2D eigenvalue weighted by molar-refractivity contribution is 5.85. The highest BCUT2D eigenvalue weighted by Crippen LogP contribution is 2.07.